The summed E-state index contributed by atoms with van der Waals surface area (Å²) >= 11 is 1.71. The van der Waals surface area contributed by atoms with Gasteiger partial charge in [0.1, 0.15) is 13.2 Å². The summed E-state index contributed by atoms with van der Waals surface area (Å²) in [6, 6.07) is 5.21. The van der Waals surface area contributed by atoms with E-state index in [0.717, 1.165) is 31.7 Å². The number of aryl methyl sites for hydroxylation is 1. The van der Waals surface area contributed by atoms with E-state index in [1.807, 2.05) is 4.90 Å². The fourth-order valence-corrected chi connectivity index (χ4v) is 4.44. The Morgan fingerprint density at radius 3 is 2.57 bits per heavy atom. The Kier molecular flexibility index (Phi) is 6.64. The molecule has 0 N–H and O–H groups in total. The molecule has 0 aliphatic carbocycles. The van der Waals surface area contributed by atoms with Crippen LogP contribution in [0.2, 0.25) is 0 Å². The zero-order valence-electron chi connectivity index (χ0n) is 17.3. The molecule has 30 heavy (non-hydrogen) atoms. The lowest BCUT2D eigenvalue weighted by Crippen LogP contribution is -2.48. The number of hydrogen-bond acceptors (Lipinski definition) is 7. The van der Waals surface area contributed by atoms with E-state index in [2.05, 4.69) is 22.2 Å². The molecule has 0 saturated carbocycles. The number of rotatable bonds is 7. The highest BCUT2D eigenvalue weighted by atomic mass is 32.1. The Bertz CT molecular complexity index is 906. The van der Waals surface area contributed by atoms with Crippen LogP contribution in [0.1, 0.15) is 40.8 Å². The second kappa shape index (κ2) is 9.57. The molecule has 160 valence electrons. The zero-order valence-corrected chi connectivity index (χ0v) is 18.1. The van der Waals surface area contributed by atoms with Crippen LogP contribution in [0.3, 0.4) is 0 Å². The molecule has 1 fully saturated rings. The smallest absolute Gasteiger partial charge is 0.223 e. The standard InChI is InChI=1S/C22H27N3O4S/c1-2-21-23-17(15-30-21)14-24-7-9-25(10-8-24)22(27)6-4-18(26)16-3-5-19-20(13-16)29-12-11-28-19/h3,5,13,15H,2,4,6-12,14H2,1H3. The number of Topliss-reactive ketones (excluding diaryl/α,β-unsaturated/α-hetero) is 1. The molecule has 1 saturated heterocycles. The molecule has 2 aromatic rings. The molecule has 2 aliphatic rings. The van der Waals surface area contributed by atoms with Gasteiger partial charge in [-0.15, -0.1) is 11.3 Å². The number of thiazole rings is 1. The third kappa shape index (κ3) is 4.99. The highest BCUT2D eigenvalue weighted by molar-refractivity contribution is 7.09. The number of aromatic nitrogens is 1. The van der Waals surface area contributed by atoms with Gasteiger partial charge < -0.3 is 14.4 Å². The number of fused-ring (bicyclic) bond motifs is 1. The average Bonchev–Trinajstić information content (AvgIpc) is 3.25. The van der Waals surface area contributed by atoms with Crippen molar-refractivity contribution in [1.82, 2.24) is 14.8 Å². The summed E-state index contributed by atoms with van der Waals surface area (Å²) in [7, 11) is 0. The highest BCUT2D eigenvalue weighted by Crippen LogP contribution is 2.31. The number of carbonyl (C=O) groups excluding carboxylic acids is 2. The summed E-state index contributed by atoms with van der Waals surface area (Å²) < 4.78 is 11.0. The summed E-state index contributed by atoms with van der Waals surface area (Å²) in [6.07, 6.45) is 1.41. The van der Waals surface area contributed by atoms with Crippen LogP contribution < -0.4 is 9.47 Å². The van der Waals surface area contributed by atoms with E-state index < -0.39 is 0 Å². The second-order valence-electron chi connectivity index (χ2n) is 7.52. The van der Waals surface area contributed by atoms with E-state index in [4.69, 9.17) is 9.47 Å². The van der Waals surface area contributed by atoms with Crippen molar-refractivity contribution in [3.05, 3.63) is 39.8 Å². The molecule has 8 heteroatoms. The van der Waals surface area contributed by atoms with Gasteiger partial charge in [0, 0.05) is 56.5 Å². The van der Waals surface area contributed by atoms with Gasteiger partial charge in [0.05, 0.1) is 10.7 Å². The predicted molar refractivity (Wildman–Crippen MR) is 114 cm³/mol. The quantitative estimate of drug-likeness (QED) is 0.631. The van der Waals surface area contributed by atoms with Gasteiger partial charge in [0.25, 0.3) is 0 Å². The van der Waals surface area contributed by atoms with Crippen LogP contribution >= 0.6 is 11.3 Å². The van der Waals surface area contributed by atoms with Crippen molar-refractivity contribution in [1.29, 1.82) is 0 Å². The maximum atomic E-state index is 12.6. The number of hydrogen-bond donors (Lipinski definition) is 0. The minimum Gasteiger partial charge on any atom is -0.486 e. The summed E-state index contributed by atoms with van der Waals surface area (Å²) in [4.78, 5) is 33.9. The van der Waals surface area contributed by atoms with Crippen molar-refractivity contribution in [2.75, 3.05) is 39.4 Å². The molecular weight excluding hydrogens is 402 g/mol. The highest BCUT2D eigenvalue weighted by Gasteiger charge is 2.23. The minimum absolute atomic E-state index is 0.0440. The van der Waals surface area contributed by atoms with Crippen molar-refractivity contribution < 1.29 is 19.1 Å². The SMILES string of the molecule is CCc1nc(CN2CCN(C(=O)CCC(=O)c3ccc4c(c3)OCCO4)CC2)cs1. The third-order valence-electron chi connectivity index (χ3n) is 5.44. The van der Waals surface area contributed by atoms with Crippen molar-refractivity contribution >= 4 is 23.0 Å². The van der Waals surface area contributed by atoms with Crippen LogP contribution in [0.15, 0.2) is 23.6 Å². The fourth-order valence-electron chi connectivity index (χ4n) is 3.71. The van der Waals surface area contributed by atoms with Gasteiger partial charge in [-0.2, -0.15) is 0 Å². The molecular formula is C22H27N3O4S. The average molecular weight is 430 g/mol. The lowest BCUT2D eigenvalue weighted by molar-refractivity contribution is -0.133. The predicted octanol–water partition coefficient (Wildman–Crippen LogP) is 2.78. The molecule has 0 spiro atoms. The van der Waals surface area contributed by atoms with Crippen LogP contribution in [0.25, 0.3) is 0 Å². The molecule has 2 aliphatic heterocycles. The Balaban J connectivity index is 1.22. The van der Waals surface area contributed by atoms with Crippen LogP contribution in [0, 0.1) is 0 Å². The van der Waals surface area contributed by atoms with Crippen molar-refractivity contribution in [2.45, 2.75) is 32.7 Å². The maximum Gasteiger partial charge on any atom is 0.223 e. The number of piperazine rings is 1. The number of amides is 1. The lowest BCUT2D eigenvalue weighted by atomic mass is 10.1. The molecule has 0 radical (unpaired) electrons. The van der Waals surface area contributed by atoms with Gasteiger partial charge >= 0.3 is 0 Å². The van der Waals surface area contributed by atoms with Crippen LogP contribution in [0.5, 0.6) is 11.5 Å². The molecule has 1 amide bonds. The monoisotopic (exact) mass is 429 g/mol. The Morgan fingerprint density at radius 2 is 1.83 bits per heavy atom. The number of nitrogens with zero attached hydrogens (tertiary/aromatic N) is 3. The first kappa shape index (κ1) is 20.8. The number of carbonyl (C=O) groups is 2. The molecule has 4 rings (SSSR count). The summed E-state index contributed by atoms with van der Waals surface area (Å²) in [5.41, 5.74) is 1.67. The number of ketones is 1. The van der Waals surface area contributed by atoms with Crippen molar-refractivity contribution in [3.8, 4) is 11.5 Å². The van der Waals surface area contributed by atoms with Crippen molar-refractivity contribution in [2.24, 2.45) is 0 Å². The normalized spacial score (nSPS) is 16.5. The fraction of sp³-hybridized carbons (Fsp3) is 0.500. The summed E-state index contributed by atoms with van der Waals surface area (Å²) in [6.45, 7) is 7.01. The summed E-state index contributed by atoms with van der Waals surface area (Å²) in [5.74, 6) is 1.26. The van der Waals surface area contributed by atoms with E-state index in [9.17, 15) is 9.59 Å². The largest absolute Gasteiger partial charge is 0.486 e. The van der Waals surface area contributed by atoms with Gasteiger partial charge in [0.15, 0.2) is 17.3 Å². The van der Waals surface area contributed by atoms with Gasteiger partial charge in [-0.1, -0.05) is 6.92 Å². The summed E-state index contributed by atoms with van der Waals surface area (Å²) in [5, 5.41) is 3.29. The van der Waals surface area contributed by atoms with Gasteiger partial charge in [-0.05, 0) is 24.6 Å². The molecule has 7 nitrogen and oxygen atoms in total. The van der Waals surface area contributed by atoms with Crippen LogP contribution in [0.4, 0.5) is 0 Å². The van der Waals surface area contributed by atoms with Crippen LogP contribution in [-0.4, -0.2) is 65.9 Å². The molecule has 0 atom stereocenters. The molecule has 1 aromatic heterocycles. The second-order valence-corrected chi connectivity index (χ2v) is 8.47. The number of ether oxygens (including phenoxy) is 2. The number of benzene rings is 1. The van der Waals surface area contributed by atoms with E-state index in [1.165, 1.54) is 5.01 Å². The minimum atomic E-state index is -0.0470. The molecule has 1 aromatic carbocycles. The Labute approximate surface area is 180 Å². The topological polar surface area (TPSA) is 72.0 Å². The van der Waals surface area contributed by atoms with Crippen LogP contribution in [-0.2, 0) is 17.8 Å². The van der Waals surface area contributed by atoms with E-state index in [-0.39, 0.29) is 24.5 Å². The first-order valence-corrected chi connectivity index (χ1v) is 11.4. The van der Waals surface area contributed by atoms with Gasteiger partial charge in [-0.25, -0.2) is 4.98 Å². The van der Waals surface area contributed by atoms with Crippen molar-refractivity contribution in [3.63, 3.8) is 0 Å². The first-order chi connectivity index (χ1) is 14.6. The third-order valence-corrected chi connectivity index (χ3v) is 6.48. The first-order valence-electron chi connectivity index (χ1n) is 10.5. The molecule has 0 bridgehead atoms. The van der Waals surface area contributed by atoms with Gasteiger partial charge in [0.2, 0.25) is 5.91 Å². The molecule has 0 unspecified atom stereocenters. The maximum absolute atomic E-state index is 12.6. The Hall–Kier alpha value is -2.45. The zero-order chi connectivity index (χ0) is 20.9. The Morgan fingerprint density at radius 1 is 1.07 bits per heavy atom. The molecule has 3 heterocycles. The van der Waals surface area contributed by atoms with Gasteiger partial charge in [-0.3, -0.25) is 14.5 Å². The van der Waals surface area contributed by atoms with E-state index in [0.29, 0.717) is 43.4 Å². The van der Waals surface area contributed by atoms with E-state index in [1.54, 1.807) is 29.5 Å². The lowest BCUT2D eigenvalue weighted by Gasteiger charge is -2.34. The van der Waals surface area contributed by atoms with E-state index >= 15 is 0 Å².